The molecule has 2 aromatic heterocycles. The van der Waals surface area contributed by atoms with Gasteiger partial charge in [-0.25, -0.2) is 14.1 Å². The van der Waals surface area contributed by atoms with Gasteiger partial charge in [0.15, 0.2) is 5.65 Å². The summed E-state index contributed by atoms with van der Waals surface area (Å²) >= 11 is 0. The molecule has 4 aromatic rings. The summed E-state index contributed by atoms with van der Waals surface area (Å²) < 4.78 is 23.2. The topological polar surface area (TPSA) is 131 Å². The van der Waals surface area contributed by atoms with Crippen molar-refractivity contribution in [1.82, 2.24) is 29.9 Å². The predicted molar refractivity (Wildman–Crippen MR) is 206 cm³/mol. The van der Waals surface area contributed by atoms with Crippen LogP contribution in [0.3, 0.4) is 0 Å². The summed E-state index contributed by atoms with van der Waals surface area (Å²) in [4.78, 5) is 36.0. The highest BCUT2D eigenvalue weighted by molar-refractivity contribution is 5.92. The zero-order valence-corrected chi connectivity index (χ0v) is 31.9. The van der Waals surface area contributed by atoms with Gasteiger partial charge in [-0.1, -0.05) is 45.0 Å². The zero-order chi connectivity index (χ0) is 37.7. The molecule has 2 aliphatic rings. The number of hydrogen-bond acceptors (Lipinski definition) is 8. The monoisotopic (exact) mass is 726 g/mol. The summed E-state index contributed by atoms with van der Waals surface area (Å²) in [5.41, 5.74) is 11.4. The number of fused-ring (bicyclic) bond motifs is 1. The molecule has 2 saturated heterocycles. The minimum atomic E-state index is -1.06. The van der Waals surface area contributed by atoms with Crippen molar-refractivity contribution >= 4 is 28.5 Å². The number of benzene rings is 2. The van der Waals surface area contributed by atoms with Crippen LogP contribution in [0.2, 0.25) is 0 Å². The molecule has 2 aliphatic heterocycles. The lowest BCUT2D eigenvalue weighted by Gasteiger charge is -2.31. The van der Waals surface area contributed by atoms with Gasteiger partial charge < -0.3 is 26.0 Å². The number of primary amides is 1. The van der Waals surface area contributed by atoms with E-state index in [9.17, 15) is 9.59 Å². The van der Waals surface area contributed by atoms with Crippen molar-refractivity contribution in [3.05, 3.63) is 76.9 Å². The van der Waals surface area contributed by atoms with Gasteiger partial charge in [0.05, 0.1) is 22.7 Å². The van der Waals surface area contributed by atoms with E-state index in [4.69, 9.17) is 15.5 Å². The van der Waals surface area contributed by atoms with E-state index in [2.05, 4.69) is 46.6 Å². The van der Waals surface area contributed by atoms with Crippen molar-refractivity contribution in [2.24, 2.45) is 11.1 Å². The highest BCUT2D eigenvalue weighted by Gasteiger charge is 2.32. The molecule has 1 atom stereocenters. The first-order chi connectivity index (χ1) is 25.4. The molecule has 11 nitrogen and oxygen atoms in total. The minimum Gasteiger partial charge on any atom is -0.381 e. The highest BCUT2D eigenvalue weighted by atomic mass is 19.1. The zero-order valence-electron chi connectivity index (χ0n) is 31.9. The maximum Gasteiger partial charge on any atom is 0.224 e. The lowest BCUT2D eigenvalue weighted by atomic mass is 9.87. The number of rotatable bonds is 14. The second-order valence-electron chi connectivity index (χ2n) is 15.3. The number of nitrogens with one attached hydrogen (secondary N) is 2. The SMILES string of the molecule is CCc1nc2c(cnn2CC)c(NC2CCOCC2)c1CN(Cc1ccc(F)c(-c2cccc(CN3CCN[C@@H](C)C3)c2)c1)C(=O)CC(C)(C)C(N)=O. The van der Waals surface area contributed by atoms with Crippen molar-refractivity contribution < 1.29 is 18.7 Å². The Labute approximate surface area is 312 Å². The van der Waals surface area contributed by atoms with Crippen LogP contribution in [0.4, 0.5) is 10.1 Å². The quantitative estimate of drug-likeness (QED) is 0.152. The van der Waals surface area contributed by atoms with Crippen LogP contribution < -0.4 is 16.4 Å². The number of nitrogens with zero attached hydrogens (tertiary/aromatic N) is 5. The number of amides is 2. The van der Waals surface area contributed by atoms with E-state index in [1.54, 1.807) is 24.8 Å². The molecule has 2 aromatic carbocycles. The first-order valence-electron chi connectivity index (χ1n) is 19.1. The van der Waals surface area contributed by atoms with Crippen LogP contribution in [0.5, 0.6) is 0 Å². The van der Waals surface area contributed by atoms with Gasteiger partial charge in [0, 0.05) is 94.4 Å². The fourth-order valence-electron chi connectivity index (χ4n) is 7.44. The Kier molecular flexibility index (Phi) is 12.1. The molecule has 53 heavy (non-hydrogen) atoms. The van der Waals surface area contributed by atoms with Crippen molar-refractivity contribution in [3.63, 3.8) is 0 Å². The van der Waals surface area contributed by atoms with Gasteiger partial charge in [-0.15, -0.1) is 0 Å². The van der Waals surface area contributed by atoms with Gasteiger partial charge in [-0.2, -0.15) is 5.10 Å². The molecule has 12 heteroatoms. The molecule has 2 fully saturated rings. The van der Waals surface area contributed by atoms with Gasteiger partial charge in [0.1, 0.15) is 5.82 Å². The number of nitrogens with two attached hydrogens (primary N) is 1. The third-order valence-corrected chi connectivity index (χ3v) is 10.6. The average molecular weight is 727 g/mol. The van der Waals surface area contributed by atoms with Crippen LogP contribution >= 0.6 is 0 Å². The Morgan fingerprint density at radius 3 is 2.62 bits per heavy atom. The molecule has 0 unspecified atom stereocenters. The van der Waals surface area contributed by atoms with E-state index in [0.717, 1.165) is 83.7 Å². The number of aromatic nitrogens is 3. The molecule has 0 radical (unpaired) electrons. The summed E-state index contributed by atoms with van der Waals surface area (Å²) in [7, 11) is 0. The fourth-order valence-corrected chi connectivity index (χ4v) is 7.44. The van der Waals surface area contributed by atoms with Crippen LogP contribution in [0, 0.1) is 11.2 Å². The lowest BCUT2D eigenvalue weighted by molar-refractivity contribution is -0.139. The molecule has 6 rings (SSSR count). The standard InChI is InChI=1S/C41H55FN8O3/c1-6-36-34(38(46-31-13-17-53-18-14-31)33-22-45-50(7-2)39(33)47-36)26-49(37(51)21-41(4,5)40(43)52)25-29-11-12-35(42)32(20-29)30-10-8-9-28(19-30)24-48-16-15-44-27(3)23-48/h8-12,19-20,22,27,31,44H,6-7,13-18,21,23-26H2,1-5H3,(H2,43,52)(H,46,47)/t27-/m0/s1. The van der Waals surface area contributed by atoms with Crippen LogP contribution in [0.25, 0.3) is 22.2 Å². The lowest BCUT2D eigenvalue weighted by Crippen LogP contribution is -2.48. The van der Waals surface area contributed by atoms with Crippen LogP contribution in [-0.4, -0.2) is 81.3 Å². The van der Waals surface area contributed by atoms with Gasteiger partial charge >= 0.3 is 0 Å². The van der Waals surface area contributed by atoms with Crippen molar-refractivity contribution in [3.8, 4) is 11.1 Å². The van der Waals surface area contributed by atoms with E-state index in [1.807, 2.05) is 36.0 Å². The van der Waals surface area contributed by atoms with Gasteiger partial charge in [0.25, 0.3) is 0 Å². The summed E-state index contributed by atoms with van der Waals surface area (Å²) in [6, 6.07) is 13.7. The van der Waals surface area contributed by atoms with Gasteiger partial charge in [-0.05, 0) is 68.0 Å². The molecular formula is C41H55FN8O3. The number of carbonyl (C=O) groups excluding carboxylic acids is 2. The van der Waals surface area contributed by atoms with Crippen molar-refractivity contribution in [2.45, 2.75) is 98.6 Å². The van der Waals surface area contributed by atoms with Crippen LogP contribution in [0.1, 0.15) is 76.3 Å². The van der Waals surface area contributed by atoms with Gasteiger partial charge in [-0.3, -0.25) is 14.5 Å². The number of pyridine rings is 1. The number of hydrogen-bond donors (Lipinski definition) is 3. The predicted octanol–water partition coefficient (Wildman–Crippen LogP) is 5.63. The maximum absolute atomic E-state index is 15.6. The summed E-state index contributed by atoms with van der Waals surface area (Å²) in [6.07, 6.45) is 4.13. The fraction of sp³-hybridized carbons (Fsp3) is 0.512. The molecule has 4 heterocycles. The van der Waals surface area contributed by atoms with E-state index >= 15 is 4.39 Å². The minimum absolute atomic E-state index is 0.0727. The third-order valence-electron chi connectivity index (χ3n) is 10.6. The summed E-state index contributed by atoms with van der Waals surface area (Å²) in [6.45, 7) is 15.8. The second-order valence-corrected chi connectivity index (χ2v) is 15.3. The Morgan fingerprint density at radius 1 is 1.11 bits per heavy atom. The van der Waals surface area contributed by atoms with E-state index < -0.39 is 11.3 Å². The number of anilines is 1. The molecule has 0 saturated carbocycles. The van der Waals surface area contributed by atoms with E-state index in [-0.39, 0.29) is 37.3 Å². The Hall–Kier alpha value is -4.39. The number of ether oxygens (including phenoxy) is 1. The molecule has 2 amide bonds. The second kappa shape index (κ2) is 16.7. The van der Waals surface area contributed by atoms with Crippen molar-refractivity contribution in [2.75, 3.05) is 38.2 Å². The first-order valence-corrected chi connectivity index (χ1v) is 19.1. The largest absolute Gasteiger partial charge is 0.381 e. The number of carbonyl (C=O) groups is 2. The Balaban J connectivity index is 1.36. The Bertz CT molecular complexity index is 1920. The smallest absolute Gasteiger partial charge is 0.224 e. The number of piperazine rings is 1. The summed E-state index contributed by atoms with van der Waals surface area (Å²) in [5, 5.41) is 12.8. The average Bonchev–Trinajstić information content (AvgIpc) is 3.56. The molecule has 4 N–H and O–H groups in total. The van der Waals surface area contributed by atoms with E-state index in [0.29, 0.717) is 37.8 Å². The number of aryl methyl sites for hydroxylation is 2. The van der Waals surface area contributed by atoms with E-state index in [1.165, 1.54) is 6.07 Å². The molecule has 0 bridgehead atoms. The first kappa shape index (κ1) is 38.3. The third kappa shape index (κ3) is 9.05. The van der Waals surface area contributed by atoms with Gasteiger partial charge in [0.2, 0.25) is 11.8 Å². The maximum atomic E-state index is 15.6. The summed E-state index contributed by atoms with van der Waals surface area (Å²) in [5.74, 6) is -1.10. The molecular weight excluding hydrogens is 672 g/mol. The van der Waals surface area contributed by atoms with Crippen LogP contribution in [0.15, 0.2) is 48.7 Å². The molecule has 0 spiro atoms. The van der Waals surface area contributed by atoms with Crippen LogP contribution in [-0.2, 0) is 46.9 Å². The highest BCUT2D eigenvalue weighted by Crippen LogP contribution is 2.34. The Morgan fingerprint density at radius 2 is 1.91 bits per heavy atom. The van der Waals surface area contributed by atoms with Crippen molar-refractivity contribution in [1.29, 1.82) is 0 Å². The molecule has 0 aliphatic carbocycles. The normalized spacial score (nSPS) is 17.3. The number of halogens is 1. The molecule has 284 valence electrons.